The van der Waals surface area contributed by atoms with Gasteiger partial charge < -0.3 is 10.6 Å². The van der Waals surface area contributed by atoms with E-state index in [0.29, 0.717) is 19.0 Å². The minimum atomic E-state index is -4.16. The first-order valence-corrected chi connectivity index (χ1v) is 8.78. The molecule has 23 heavy (non-hydrogen) atoms. The average Bonchev–Trinajstić information content (AvgIpc) is 2.47. The zero-order chi connectivity index (χ0) is 17.1. The van der Waals surface area contributed by atoms with Crippen molar-refractivity contribution < 1.29 is 13.2 Å². The van der Waals surface area contributed by atoms with Gasteiger partial charge >= 0.3 is 6.18 Å². The van der Waals surface area contributed by atoms with E-state index in [1.807, 2.05) is 6.92 Å². The monoisotopic (exact) mass is 347 g/mol. The highest BCUT2D eigenvalue weighted by Crippen LogP contribution is 2.18. The molecule has 0 unspecified atom stereocenters. The lowest BCUT2D eigenvalue weighted by molar-refractivity contribution is -0.132. The van der Waals surface area contributed by atoms with Gasteiger partial charge in [-0.25, -0.2) is 0 Å². The van der Waals surface area contributed by atoms with Gasteiger partial charge in [-0.05, 0) is 19.4 Å². The number of thioether (sulfide) groups is 1. The maximum absolute atomic E-state index is 12.1. The molecule has 7 heteroatoms. The van der Waals surface area contributed by atoms with Crippen LogP contribution in [0.15, 0.2) is 29.3 Å². The summed E-state index contributed by atoms with van der Waals surface area (Å²) >= 11 is 1.78. The molecule has 0 aliphatic carbocycles. The van der Waals surface area contributed by atoms with E-state index in [9.17, 15) is 13.2 Å². The van der Waals surface area contributed by atoms with Crippen LogP contribution in [0.4, 0.5) is 13.2 Å². The summed E-state index contributed by atoms with van der Waals surface area (Å²) in [5.41, 5.74) is 2.51. The molecule has 130 valence electrons. The third-order valence-corrected chi connectivity index (χ3v) is 3.97. The smallest absolute Gasteiger partial charge is 0.357 e. The molecule has 0 radical (unpaired) electrons. The number of nitrogens with zero attached hydrogens (tertiary/aromatic N) is 1. The fourth-order valence-corrected chi connectivity index (χ4v) is 2.57. The van der Waals surface area contributed by atoms with E-state index < -0.39 is 12.6 Å². The normalized spacial score (nSPS) is 12.3. The van der Waals surface area contributed by atoms with E-state index in [0.717, 1.165) is 11.5 Å². The average molecular weight is 347 g/mol. The molecule has 0 atom stereocenters. The molecule has 0 spiro atoms. The highest BCUT2D eigenvalue weighted by molar-refractivity contribution is 7.98. The Balaban J connectivity index is 2.24. The lowest BCUT2D eigenvalue weighted by Gasteiger charge is -2.11. The number of halogens is 3. The Morgan fingerprint density at radius 1 is 1.17 bits per heavy atom. The highest BCUT2D eigenvalue weighted by Gasteiger charge is 2.26. The van der Waals surface area contributed by atoms with Gasteiger partial charge in [0.25, 0.3) is 0 Å². The van der Waals surface area contributed by atoms with Gasteiger partial charge in [-0.2, -0.15) is 24.9 Å². The molecule has 0 amide bonds. The van der Waals surface area contributed by atoms with Crippen LogP contribution in [-0.2, 0) is 5.75 Å². The van der Waals surface area contributed by atoms with Crippen molar-refractivity contribution in [3.63, 3.8) is 0 Å². The zero-order valence-electron chi connectivity index (χ0n) is 13.5. The van der Waals surface area contributed by atoms with E-state index in [-0.39, 0.29) is 6.54 Å². The van der Waals surface area contributed by atoms with Crippen molar-refractivity contribution in [1.82, 2.24) is 10.6 Å². The molecule has 0 saturated carbocycles. The molecule has 2 N–H and O–H groups in total. The number of hydrogen-bond acceptors (Lipinski definition) is 2. The van der Waals surface area contributed by atoms with Crippen LogP contribution in [0.25, 0.3) is 0 Å². The predicted molar refractivity (Wildman–Crippen MR) is 92.0 cm³/mol. The number of aliphatic imine (C=N–C) groups is 1. The molecule has 3 nitrogen and oxygen atoms in total. The summed E-state index contributed by atoms with van der Waals surface area (Å²) in [5.74, 6) is 2.22. The third-order valence-electron chi connectivity index (χ3n) is 2.94. The van der Waals surface area contributed by atoms with Gasteiger partial charge in [0.1, 0.15) is 0 Å². The largest absolute Gasteiger partial charge is 0.390 e. The molecule has 1 rings (SSSR count). The highest BCUT2D eigenvalue weighted by atomic mass is 32.2. The van der Waals surface area contributed by atoms with Gasteiger partial charge in [-0.1, -0.05) is 29.8 Å². The zero-order valence-corrected chi connectivity index (χ0v) is 14.4. The Morgan fingerprint density at radius 2 is 1.87 bits per heavy atom. The Labute approximate surface area is 140 Å². The van der Waals surface area contributed by atoms with Crippen molar-refractivity contribution in [2.45, 2.75) is 32.2 Å². The first kappa shape index (κ1) is 19.7. The van der Waals surface area contributed by atoms with Crippen LogP contribution in [0.2, 0.25) is 0 Å². The van der Waals surface area contributed by atoms with Gasteiger partial charge in [-0.15, -0.1) is 0 Å². The molecular weight excluding hydrogens is 323 g/mol. The predicted octanol–water partition coefficient (Wildman–Crippen LogP) is 3.74. The van der Waals surface area contributed by atoms with Crippen molar-refractivity contribution in [3.8, 4) is 0 Å². The van der Waals surface area contributed by atoms with Gasteiger partial charge in [0.2, 0.25) is 0 Å². The molecule has 0 aliphatic heterocycles. The van der Waals surface area contributed by atoms with E-state index in [2.05, 4.69) is 46.8 Å². The molecule has 0 fully saturated rings. The Hall–Kier alpha value is -1.37. The molecule has 0 saturated heterocycles. The van der Waals surface area contributed by atoms with Gasteiger partial charge in [0.15, 0.2) is 5.96 Å². The minimum absolute atomic E-state index is 0.255. The lowest BCUT2D eigenvalue weighted by atomic mass is 10.2. The molecule has 0 bridgehead atoms. The van der Waals surface area contributed by atoms with Gasteiger partial charge in [0, 0.05) is 24.6 Å². The van der Waals surface area contributed by atoms with Gasteiger partial charge in [0.05, 0.1) is 13.0 Å². The van der Waals surface area contributed by atoms with Crippen LogP contribution < -0.4 is 10.6 Å². The fraction of sp³-hybridized carbons (Fsp3) is 0.562. The van der Waals surface area contributed by atoms with E-state index in [4.69, 9.17) is 0 Å². The Morgan fingerprint density at radius 3 is 2.48 bits per heavy atom. The second kappa shape index (κ2) is 10.4. The van der Waals surface area contributed by atoms with Crippen molar-refractivity contribution in [2.24, 2.45) is 4.99 Å². The number of alkyl halides is 3. The topological polar surface area (TPSA) is 36.4 Å². The first-order valence-electron chi connectivity index (χ1n) is 7.63. The Kier molecular flexibility index (Phi) is 8.91. The number of benzene rings is 1. The molecular formula is C16H24F3N3S. The SMILES string of the molecule is CCNC(=NCCC(F)(F)F)NCCSCc1ccc(C)cc1. The summed E-state index contributed by atoms with van der Waals surface area (Å²) in [5, 5.41) is 6.00. The quantitative estimate of drug-likeness (QED) is 0.427. The molecule has 0 aliphatic rings. The van der Waals surface area contributed by atoms with Crippen LogP contribution in [0, 0.1) is 6.92 Å². The standard InChI is InChI=1S/C16H24F3N3S/c1-3-20-15(21-9-8-16(17,18)19)22-10-11-23-12-14-6-4-13(2)5-7-14/h4-7H,3,8-12H2,1-2H3,(H2,20,21,22). The number of aryl methyl sites for hydroxylation is 1. The Bertz CT molecular complexity index is 472. The third kappa shape index (κ3) is 10.1. The minimum Gasteiger partial charge on any atom is -0.357 e. The summed E-state index contributed by atoms with van der Waals surface area (Å²) in [6.45, 7) is 4.96. The van der Waals surface area contributed by atoms with Crippen LogP contribution in [-0.4, -0.2) is 37.5 Å². The first-order chi connectivity index (χ1) is 10.9. The molecule has 0 heterocycles. The van der Waals surface area contributed by atoms with Crippen molar-refractivity contribution in [3.05, 3.63) is 35.4 Å². The second-order valence-electron chi connectivity index (χ2n) is 5.09. The fourth-order valence-electron chi connectivity index (χ4n) is 1.75. The second-order valence-corrected chi connectivity index (χ2v) is 6.20. The van der Waals surface area contributed by atoms with Crippen molar-refractivity contribution >= 4 is 17.7 Å². The maximum atomic E-state index is 12.1. The van der Waals surface area contributed by atoms with Crippen molar-refractivity contribution in [1.29, 1.82) is 0 Å². The van der Waals surface area contributed by atoms with Crippen LogP contribution >= 0.6 is 11.8 Å². The summed E-state index contributed by atoms with van der Waals surface area (Å²) in [6, 6.07) is 8.40. The van der Waals surface area contributed by atoms with E-state index >= 15 is 0 Å². The maximum Gasteiger partial charge on any atom is 0.390 e. The van der Waals surface area contributed by atoms with E-state index in [1.54, 1.807) is 11.8 Å². The molecule has 0 aromatic heterocycles. The number of hydrogen-bond donors (Lipinski definition) is 2. The van der Waals surface area contributed by atoms with Crippen LogP contribution in [0.1, 0.15) is 24.5 Å². The summed E-state index contributed by atoms with van der Waals surface area (Å²) in [6.07, 6.45) is -5.06. The lowest BCUT2D eigenvalue weighted by Crippen LogP contribution is -2.38. The van der Waals surface area contributed by atoms with Gasteiger partial charge in [-0.3, -0.25) is 4.99 Å². The summed E-state index contributed by atoms with van der Waals surface area (Å²) in [4.78, 5) is 3.93. The van der Waals surface area contributed by atoms with Crippen molar-refractivity contribution in [2.75, 3.05) is 25.4 Å². The summed E-state index contributed by atoms with van der Waals surface area (Å²) in [7, 11) is 0. The summed E-state index contributed by atoms with van der Waals surface area (Å²) < 4.78 is 36.4. The van der Waals surface area contributed by atoms with E-state index in [1.165, 1.54) is 11.1 Å². The number of nitrogens with one attached hydrogen (secondary N) is 2. The van der Waals surface area contributed by atoms with Crippen LogP contribution in [0.5, 0.6) is 0 Å². The number of guanidine groups is 1. The number of rotatable bonds is 8. The van der Waals surface area contributed by atoms with Crippen LogP contribution in [0.3, 0.4) is 0 Å². The molecule has 1 aromatic carbocycles. The molecule has 1 aromatic rings.